The van der Waals surface area contributed by atoms with Crippen LogP contribution in [0.5, 0.6) is 0 Å². The van der Waals surface area contributed by atoms with Crippen molar-refractivity contribution in [3.8, 4) is 0 Å². The lowest BCUT2D eigenvalue weighted by atomic mass is 10.0. The van der Waals surface area contributed by atoms with E-state index in [1.54, 1.807) is 24.8 Å². The summed E-state index contributed by atoms with van der Waals surface area (Å²) in [6.45, 7) is 3.59. The first-order chi connectivity index (χ1) is 16.4. The van der Waals surface area contributed by atoms with Gasteiger partial charge in [0.1, 0.15) is 23.7 Å². The first kappa shape index (κ1) is 23.0. The van der Waals surface area contributed by atoms with E-state index in [-0.39, 0.29) is 18.4 Å². The molecule has 0 N–H and O–H groups in total. The van der Waals surface area contributed by atoms with Crippen LogP contribution in [0.3, 0.4) is 0 Å². The van der Waals surface area contributed by atoms with Crippen molar-refractivity contribution < 1.29 is 12.8 Å². The maximum Gasteiger partial charge on any atom is 0.221 e. The number of nitrogens with zero attached hydrogens (tertiary/aromatic N) is 5. The van der Waals surface area contributed by atoms with Crippen LogP contribution in [0.25, 0.3) is 0 Å². The summed E-state index contributed by atoms with van der Waals surface area (Å²) in [6.07, 6.45) is 6.69. The summed E-state index contributed by atoms with van der Waals surface area (Å²) in [5.74, 6) is -0.359. The smallest absolute Gasteiger partial charge is 0.221 e. The SMILES string of the molecule is CC1CCC(c2ccccc2)S(=O)(=O)N1Cc1ccc(N2CCC(n3cnnc3)CC2)cc1F. The van der Waals surface area contributed by atoms with Crippen molar-refractivity contribution in [2.24, 2.45) is 0 Å². The Morgan fingerprint density at radius 2 is 1.68 bits per heavy atom. The van der Waals surface area contributed by atoms with Gasteiger partial charge in [0.15, 0.2) is 0 Å². The fourth-order valence-electron chi connectivity index (χ4n) is 5.20. The highest BCUT2D eigenvalue weighted by Crippen LogP contribution is 2.38. The van der Waals surface area contributed by atoms with E-state index in [9.17, 15) is 8.42 Å². The Morgan fingerprint density at radius 1 is 0.971 bits per heavy atom. The van der Waals surface area contributed by atoms with Crippen LogP contribution < -0.4 is 4.90 Å². The third-order valence-electron chi connectivity index (χ3n) is 7.25. The number of halogens is 1. The molecule has 2 atom stereocenters. The Kier molecular flexibility index (Phi) is 6.40. The summed E-state index contributed by atoms with van der Waals surface area (Å²) in [5.41, 5.74) is 2.04. The maximum absolute atomic E-state index is 15.2. The van der Waals surface area contributed by atoms with E-state index < -0.39 is 15.3 Å². The van der Waals surface area contributed by atoms with Crippen LogP contribution in [-0.4, -0.2) is 46.6 Å². The molecule has 0 saturated carbocycles. The fourth-order valence-corrected chi connectivity index (χ4v) is 7.39. The minimum Gasteiger partial charge on any atom is -0.371 e. The average Bonchev–Trinajstić information content (AvgIpc) is 3.38. The van der Waals surface area contributed by atoms with Crippen molar-refractivity contribution in [3.63, 3.8) is 0 Å². The number of anilines is 1. The van der Waals surface area contributed by atoms with Gasteiger partial charge in [-0.1, -0.05) is 36.4 Å². The molecule has 2 aromatic carbocycles. The van der Waals surface area contributed by atoms with Crippen LogP contribution in [0.2, 0.25) is 0 Å². The van der Waals surface area contributed by atoms with Crippen LogP contribution in [-0.2, 0) is 16.6 Å². The molecule has 2 aliphatic rings. The first-order valence-electron chi connectivity index (χ1n) is 11.9. The van der Waals surface area contributed by atoms with Gasteiger partial charge in [-0.2, -0.15) is 4.31 Å². The average molecular weight is 484 g/mol. The van der Waals surface area contributed by atoms with Crippen molar-refractivity contribution in [2.75, 3.05) is 18.0 Å². The fraction of sp³-hybridized carbons (Fsp3) is 0.440. The highest BCUT2D eigenvalue weighted by atomic mass is 32.2. The quantitative estimate of drug-likeness (QED) is 0.541. The van der Waals surface area contributed by atoms with Crippen molar-refractivity contribution in [3.05, 3.63) is 78.1 Å². The maximum atomic E-state index is 15.2. The molecule has 180 valence electrons. The molecule has 34 heavy (non-hydrogen) atoms. The molecule has 7 nitrogen and oxygen atoms in total. The Balaban J connectivity index is 1.30. The van der Waals surface area contributed by atoms with Crippen LogP contribution in [0.15, 0.2) is 61.2 Å². The molecule has 9 heteroatoms. The topological polar surface area (TPSA) is 71.3 Å². The van der Waals surface area contributed by atoms with Crippen LogP contribution in [0.4, 0.5) is 10.1 Å². The summed E-state index contributed by atoms with van der Waals surface area (Å²) in [7, 11) is -3.60. The van der Waals surface area contributed by atoms with E-state index >= 15 is 4.39 Å². The minimum absolute atomic E-state index is 0.0502. The van der Waals surface area contributed by atoms with Gasteiger partial charge in [-0.15, -0.1) is 10.2 Å². The lowest BCUT2D eigenvalue weighted by Crippen LogP contribution is -2.44. The largest absolute Gasteiger partial charge is 0.371 e. The summed E-state index contributed by atoms with van der Waals surface area (Å²) in [5, 5.41) is 7.18. The van der Waals surface area contributed by atoms with Crippen LogP contribution in [0.1, 0.15) is 55.0 Å². The van der Waals surface area contributed by atoms with E-state index in [0.29, 0.717) is 18.0 Å². The van der Waals surface area contributed by atoms with E-state index in [2.05, 4.69) is 15.1 Å². The molecular weight excluding hydrogens is 453 g/mol. The number of sulfonamides is 1. The standard InChI is InChI=1S/C25H30FN5O2S/c1-19-7-10-25(20-5-3-2-4-6-20)34(32,33)31(19)16-21-8-9-23(15-24(21)26)29-13-11-22(12-14-29)30-17-27-28-18-30/h2-6,8-9,15,17-19,22,25H,7,10-14,16H2,1H3. The Bertz CT molecular complexity index is 1210. The van der Waals surface area contributed by atoms with Crippen LogP contribution >= 0.6 is 0 Å². The summed E-state index contributed by atoms with van der Waals surface area (Å²) in [4.78, 5) is 2.18. The van der Waals surface area contributed by atoms with Crippen LogP contribution in [0, 0.1) is 5.82 Å². The second kappa shape index (κ2) is 9.46. The predicted octanol–water partition coefficient (Wildman–Crippen LogP) is 4.31. The Morgan fingerprint density at radius 3 is 2.35 bits per heavy atom. The predicted molar refractivity (Wildman–Crippen MR) is 129 cm³/mol. The lowest BCUT2D eigenvalue weighted by Gasteiger charge is -2.37. The van der Waals surface area contributed by atoms with Gasteiger partial charge in [0.05, 0.1) is 0 Å². The minimum atomic E-state index is -3.60. The molecule has 5 rings (SSSR count). The van der Waals surface area contributed by atoms with Gasteiger partial charge < -0.3 is 9.47 Å². The molecule has 0 aliphatic carbocycles. The number of rotatable bonds is 5. The lowest BCUT2D eigenvalue weighted by molar-refractivity contribution is 0.279. The molecule has 0 bridgehead atoms. The number of hydrogen-bond donors (Lipinski definition) is 0. The molecular formula is C25H30FN5O2S. The molecule has 2 saturated heterocycles. The van der Waals surface area contributed by atoms with Crippen molar-refractivity contribution in [1.29, 1.82) is 0 Å². The third-order valence-corrected chi connectivity index (χ3v) is 9.62. The van der Waals surface area contributed by atoms with E-state index in [4.69, 9.17) is 0 Å². The van der Waals surface area contributed by atoms with E-state index in [1.165, 1.54) is 4.31 Å². The van der Waals surface area contributed by atoms with E-state index in [1.807, 2.05) is 47.9 Å². The van der Waals surface area contributed by atoms with Gasteiger partial charge in [0, 0.05) is 43.0 Å². The molecule has 2 fully saturated rings. The first-order valence-corrected chi connectivity index (χ1v) is 13.4. The normalized spacial score (nSPS) is 23.8. The highest BCUT2D eigenvalue weighted by Gasteiger charge is 2.40. The van der Waals surface area contributed by atoms with E-state index in [0.717, 1.165) is 43.6 Å². The second-order valence-electron chi connectivity index (χ2n) is 9.32. The molecule has 1 aromatic heterocycles. The molecule has 3 heterocycles. The molecule has 2 aliphatic heterocycles. The molecule has 2 unspecified atom stereocenters. The zero-order chi connectivity index (χ0) is 23.7. The van der Waals surface area contributed by atoms with Gasteiger partial charge in [-0.05, 0) is 50.3 Å². The Hall–Kier alpha value is -2.78. The highest BCUT2D eigenvalue weighted by molar-refractivity contribution is 7.89. The van der Waals surface area contributed by atoms with Crippen molar-refractivity contribution >= 4 is 15.7 Å². The second-order valence-corrected chi connectivity index (χ2v) is 11.4. The Labute approximate surface area is 200 Å². The van der Waals surface area contributed by atoms with Gasteiger partial charge in [0.25, 0.3) is 0 Å². The molecule has 3 aromatic rings. The molecule has 0 spiro atoms. The van der Waals surface area contributed by atoms with Crippen molar-refractivity contribution in [1.82, 2.24) is 19.1 Å². The monoisotopic (exact) mass is 483 g/mol. The third kappa shape index (κ3) is 4.46. The summed E-state index contributed by atoms with van der Waals surface area (Å²) in [6, 6.07) is 14.7. The summed E-state index contributed by atoms with van der Waals surface area (Å²) < 4.78 is 45.6. The van der Waals surface area contributed by atoms with Gasteiger partial charge in [-0.25, -0.2) is 12.8 Å². The molecule has 0 radical (unpaired) electrons. The van der Waals surface area contributed by atoms with Crippen molar-refractivity contribution in [2.45, 2.75) is 56.5 Å². The zero-order valence-corrected chi connectivity index (χ0v) is 20.1. The number of piperidine rings is 1. The number of aromatic nitrogens is 3. The zero-order valence-electron chi connectivity index (χ0n) is 19.3. The van der Waals surface area contributed by atoms with Gasteiger partial charge >= 0.3 is 0 Å². The van der Waals surface area contributed by atoms with Gasteiger partial charge in [-0.3, -0.25) is 0 Å². The van der Waals surface area contributed by atoms with Gasteiger partial charge in [0.2, 0.25) is 10.0 Å². The summed E-state index contributed by atoms with van der Waals surface area (Å²) >= 11 is 0. The number of hydrogen-bond acceptors (Lipinski definition) is 5. The number of benzene rings is 2. The molecule has 0 amide bonds.